The quantitative estimate of drug-likeness (QED) is 0.861. The molecule has 0 aromatic carbocycles. The smallest absolute Gasteiger partial charge is 0.0598 e. The highest BCUT2D eigenvalue weighted by Gasteiger charge is 2.20. The predicted octanol–water partition coefficient (Wildman–Crippen LogP) is 1.66. The molecular weight excluding hydrogens is 226 g/mol. The van der Waals surface area contributed by atoms with Gasteiger partial charge in [0.15, 0.2) is 0 Å². The third-order valence-electron chi connectivity index (χ3n) is 3.61. The lowest BCUT2D eigenvalue weighted by Gasteiger charge is -2.34. The highest BCUT2D eigenvalue weighted by molar-refractivity contribution is 5.51. The van der Waals surface area contributed by atoms with E-state index in [2.05, 4.69) is 21.3 Å². The summed E-state index contributed by atoms with van der Waals surface area (Å²) in [6, 6.07) is 2.10. The van der Waals surface area contributed by atoms with Gasteiger partial charge in [0.05, 0.1) is 11.9 Å². The fourth-order valence-electron chi connectivity index (χ4n) is 2.62. The highest BCUT2D eigenvalue weighted by Crippen LogP contribution is 2.25. The second kappa shape index (κ2) is 6.71. The first-order chi connectivity index (χ1) is 8.85. The van der Waals surface area contributed by atoms with Crippen LogP contribution in [0.15, 0.2) is 18.5 Å². The number of pyridine rings is 1. The number of methoxy groups -OCH3 is 1. The average Bonchev–Trinajstić information content (AvgIpc) is 2.41. The molecule has 1 aliphatic heterocycles. The lowest BCUT2D eigenvalue weighted by molar-refractivity contribution is 0.139. The number of nitrogens with zero attached hydrogens (tertiary/aromatic N) is 2. The first-order valence-electron chi connectivity index (χ1n) is 6.66. The van der Waals surface area contributed by atoms with Crippen LogP contribution in [-0.4, -0.2) is 38.8 Å². The number of hydrogen-bond acceptors (Lipinski definition) is 4. The van der Waals surface area contributed by atoms with Crippen molar-refractivity contribution in [3.05, 3.63) is 24.0 Å². The maximum Gasteiger partial charge on any atom is 0.0598 e. The third-order valence-corrected chi connectivity index (χ3v) is 3.61. The van der Waals surface area contributed by atoms with Crippen molar-refractivity contribution in [3.63, 3.8) is 0 Å². The Hall–Kier alpha value is -1.13. The van der Waals surface area contributed by atoms with Gasteiger partial charge in [-0.2, -0.15) is 0 Å². The second-order valence-electron chi connectivity index (χ2n) is 4.92. The Morgan fingerprint density at radius 3 is 2.89 bits per heavy atom. The minimum Gasteiger partial charge on any atom is -0.384 e. The normalized spacial score (nSPS) is 17.1. The molecule has 1 N–H and O–H groups in total. The molecule has 100 valence electrons. The monoisotopic (exact) mass is 249 g/mol. The van der Waals surface area contributed by atoms with Crippen LogP contribution in [0.2, 0.25) is 0 Å². The summed E-state index contributed by atoms with van der Waals surface area (Å²) in [5.74, 6) is 0.718. The largest absolute Gasteiger partial charge is 0.384 e. The molecule has 0 atom stereocenters. The van der Waals surface area contributed by atoms with Crippen LogP contribution in [0.4, 0.5) is 5.69 Å². The summed E-state index contributed by atoms with van der Waals surface area (Å²) in [7, 11) is 3.77. The van der Waals surface area contributed by atoms with Crippen LogP contribution in [0.25, 0.3) is 0 Å². The van der Waals surface area contributed by atoms with Gasteiger partial charge in [-0.25, -0.2) is 0 Å². The summed E-state index contributed by atoms with van der Waals surface area (Å²) in [6.07, 6.45) is 6.28. The van der Waals surface area contributed by atoms with Gasteiger partial charge in [-0.05, 0) is 37.4 Å². The van der Waals surface area contributed by atoms with E-state index < -0.39 is 0 Å². The molecule has 1 aliphatic rings. The van der Waals surface area contributed by atoms with Crippen molar-refractivity contribution in [2.45, 2.75) is 19.4 Å². The average molecular weight is 249 g/mol. The summed E-state index contributed by atoms with van der Waals surface area (Å²) in [4.78, 5) is 6.71. The van der Waals surface area contributed by atoms with E-state index in [-0.39, 0.29) is 0 Å². The van der Waals surface area contributed by atoms with Gasteiger partial charge < -0.3 is 15.0 Å². The number of piperidine rings is 1. The Kier molecular flexibility index (Phi) is 4.96. The van der Waals surface area contributed by atoms with Gasteiger partial charge in [0.1, 0.15) is 0 Å². The molecule has 0 saturated carbocycles. The van der Waals surface area contributed by atoms with Gasteiger partial charge in [0.2, 0.25) is 0 Å². The van der Waals surface area contributed by atoms with Crippen LogP contribution < -0.4 is 10.2 Å². The summed E-state index contributed by atoms with van der Waals surface area (Å²) >= 11 is 0. The van der Waals surface area contributed by atoms with E-state index >= 15 is 0 Å². The molecule has 2 rings (SSSR count). The fourth-order valence-corrected chi connectivity index (χ4v) is 2.62. The van der Waals surface area contributed by atoms with Gasteiger partial charge >= 0.3 is 0 Å². The number of anilines is 1. The minimum atomic E-state index is 0.718. The van der Waals surface area contributed by atoms with Crippen LogP contribution in [0.3, 0.4) is 0 Å². The molecule has 1 aromatic rings. The Morgan fingerprint density at radius 1 is 1.44 bits per heavy atom. The zero-order valence-electron chi connectivity index (χ0n) is 11.4. The van der Waals surface area contributed by atoms with Crippen molar-refractivity contribution in [3.8, 4) is 0 Å². The van der Waals surface area contributed by atoms with Crippen LogP contribution in [0.1, 0.15) is 18.4 Å². The number of rotatable bonds is 5. The Morgan fingerprint density at radius 2 is 2.22 bits per heavy atom. The van der Waals surface area contributed by atoms with E-state index in [9.17, 15) is 0 Å². The van der Waals surface area contributed by atoms with Crippen molar-refractivity contribution in [1.29, 1.82) is 0 Å². The minimum absolute atomic E-state index is 0.718. The maximum atomic E-state index is 5.24. The molecule has 1 saturated heterocycles. The molecule has 1 fully saturated rings. The van der Waals surface area contributed by atoms with E-state index in [1.807, 2.05) is 19.4 Å². The molecule has 0 bridgehead atoms. The lowest BCUT2D eigenvalue weighted by Crippen LogP contribution is -2.35. The van der Waals surface area contributed by atoms with Crippen molar-refractivity contribution in [1.82, 2.24) is 10.3 Å². The maximum absolute atomic E-state index is 5.24. The van der Waals surface area contributed by atoms with Crippen LogP contribution >= 0.6 is 0 Å². The molecule has 0 spiro atoms. The Labute approximate surface area is 109 Å². The molecule has 0 radical (unpaired) electrons. The standard InChI is InChI=1S/C14H23N3O/c1-15-9-13-3-6-16-10-14(13)17-7-4-12(5-8-17)11-18-2/h3,6,10,12,15H,4-5,7-9,11H2,1-2H3. The SMILES string of the molecule is CNCc1ccncc1N1CCC(COC)CC1. The van der Waals surface area contributed by atoms with Crippen molar-refractivity contribution in [2.24, 2.45) is 5.92 Å². The van der Waals surface area contributed by atoms with Crippen molar-refractivity contribution in [2.75, 3.05) is 38.8 Å². The van der Waals surface area contributed by atoms with Crippen molar-refractivity contribution >= 4 is 5.69 Å². The van der Waals surface area contributed by atoms with E-state index in [0.717, 1.165) is 32.2 Å². The second-order valence-corrected chi connectivity index (χ2v) is 4.92. The third kappa shape index (κ3) is 3.21. The molecule has 4 nitrogen and oxygen atoms in total. The van der Waals surface area contributed by atoms with E-state index in [1.165, 1.54) is 24.1 Å². The van der Waals surface area contributed by atoms with Gasteiger partial charge in [-0.15, -0.1) is 0 Å². The molecule has 2 heterocycles. The number of hydrogen-bond donors (Lipinski definition) is 1. The summed E-state index contributed by atoms with van der Waals surface area (Å²) < 4.78 is 5.24. The van der Waals surface area contributed by atoms with E-state index in [1.54, 1.807) is 7.11 Å². The Balaban J connectivity index is 2.00. The van der Waals surface area contributed by atoms with Crippen LogP contribution in [0.5, 0.6) is 0 Å². The number of nitrogens with one attached hydrogen (secondary N) is 1. The molecular formula is C14H23N3O. The molecule has 1 aromatic heterocycles. The molecule has 0 amide bonds. The van der Waals surface area contributed by atoms with Gasteiger partial charge in [0.25, 0.3) is 0 Å². The number of ether oxygens (including phenoxy) is 1. The van der Waals surface area contributed by atoms with E-state index in [0.29, 0.717) is 0 Å². The zero-order valence-corrected chi connectivity index (χ0v) is 11.4. The topological polar surface area (TPSA) is 37.4 Å². The summed E-state index contributed by atoms with van der Waals surface area (Å²) in [6.45, 7) is 4.01. The number of aromatic nitrogens is 1. The molecule has 4 heteroatoms. The van der Waals surface area contributed by atoms with E-state index in [4.69, 9.17) is 4.74 Å². The van der Waals surface area contributed by atoms with Crippen LogP contribution in [0, 0.1) is 5.92 Å². The fraction of sp³-hybridized carbons (Fsp3) is 0.643. The highest BCUT2D eigenvalue weighted by atomic mass is 16.5. The van der Waals surface area contributed by atoms with Gasteiger partial charge in [-0.3, -0.25) is 4.98 Å². The van der Waals surface area contributed by atoms with Gasteiger partial charge in [0, 0.05) is 39.5 Å². The van der Waals surface area contributed by atoms with Crippen molar-refractivity contribution < 1.29 is 4.74 Å². The first-order valence-corrected chi connectivity index (χ1v) is 6.66. The predicted molar refractivity (Wildman–Crippen MR) is 73.8 cm³/mol. The van der Waals surface area contributed by atoms with Gasteiger partial charge in [-0.1, -0.05) is 0 Å². The molecule has 0 unspecified atom stereocenters. The van der Waals surface area contributed by atoms with Crippen LogP contribution in [-0.2, 0) is 11.3 Å². The first kappa shape index (κ1) is 13.3. The zero-order chi connectivity index (χ0) is 12.8. The summed E-state index contributed by atoms with van der Waals surface area (Å²) in [5, 5.41) is 3.22. The molecule has 0 aliphatic carbocycles. The molecule has 18 heavy (non-hydrogen) atoms. The Bertz CT molecular complexity index is 362. The summed E-state index contributed by atoms with van der Waals surface area (Å²) in [5.41, 5.74) is 2.61. The lowest BCUT2D eigenvalue weighted by atomic mass is 9.97.